The molecule has 0 spiro atoms. The minimum absolute atomic E-state index is 0.0337. The summed E-state index contributed by atoms with van der Waals surface area (Å²) in [7, 11) is 1.87. The summed E-state index contributed by atoms with van der Waals surface area (Å²) in [6, 6.07) is 7.90. The lowest BCUT2D eigenvalue weighted by Gasteiger charge is -2.17. The third-order valence-corrected chi connectivity index (χ3v) is 3.03. The van der Waals surface area contributed by atoms with Crippen molar-refractivity contribution in [2.75, 3.05) is 0 Å². The Morgan fingerprint density at radius 3 is 2.80 bits per heavy atom. The highest BCUT2D eigenvalue weighted by molar-refractivity contribution is 5.31. The maximum absolute atomic E-state index is 5.71. The summed E-state index contributed by atoms with van der Waals surface area (Å²) in [5.74, 6) is 7.40. The van der Waals surface area contributed by atoms with E-state index in [-0.39, 0.29) is 12.1 Å². The minimum atomic E-state index is -0.0337. The summed E-state index contributed by atoms with van der Waals surface area (Å²) in [5.41, 5.74) is 3.89. The molecule has 1 unspecified atom stereocenters. The standard InChI is InChI=1S/C14H21N5O/c1-10(2)20-12-6-4-5-11(7-12)13(18-15)8-14-16-9-17-19(14)3/h4-7,9-10,13,18H,8,15H2,1-3H3. The average Bonchev–Trinajstić information content (AvgIpc) is 2.81. The Morgan fingerprint density at radius 1 is 1.40 bits per heavy atom. The molecule has 1 aromatic carbocycles. The lowest BCUT2D eigenvalue weighted by molar-refractivity contribution is 0.242. The first-order valence-electron chi connectivity index (χ1n) is 6.65. The van der Waals surface area contributed by atoms with Crippen molar-refractivity contribution >= 4 is 0 Å². The van der Waals surface area contributed by atoms with Crippen LogP contribution in [0.1, 0.15) is 31.3 Å². The van der Waals surface area contributed by atoms with E-state index in [1.165, 1.54) is 0 Å². The number of ether oxygens (including phenoxy) is 1. The Labute approximate surface area is 118 Å². The number of nitrogens with two attached hydrogens (primary N) is 1. The maximum Gasteiger partial charge on any atom is 0.138 e. The van der Waals surface area contributed by atoms with Crippen molar-refractivity contribution in [1.29, 1.82) is 0 Å². The molecule has 1 atom stereocenters. The minimum Gasteiger partial charge on any atom is -0.491 e. The number of aryl methyl sites for hydroxylation is 1. The fourth-order valence-electron chi connectivity index (χ4n) is 2.04. The molecule has 20 heavy (non-hydrogen) atoms. The number of nitrogens with zero attached hydrogens (tertiary/aromatic N) is 3. The van der Waals surface area contributed by atoms with Gasteiger partial charge in [-0.2, -0.15) is 5.10 Å². The second-order valence-corrected chi connectivity index (χ2v) is 4.96. The average molecular weight is 275 g/mol. The van der Waals surface area contributed by atoms with Crippen molar-refractivity contribution in [2.24, 2.45) is 12.9 Å². The Hall–Kier alpha value is -1.92. The molecule has 0 aliphatic heterocycles. The van der Waals surface area contributed by atoms with Crippen molar-refractivity contribution < 1.29 is 4.74 Å². The predicted octanol–water partition coefficient (Wildman–Crippen LogP) is 1.35. The van der Waals surface area contributed by atoms with Crippen molar-refractivity contribution in [2.45, 2.75) is 32.4 Å². The van der Waals surface area contributed by atoms with Gasteiger partial charge in [0.25, 0.3) is 0 Å². The Balaban J connectivity index is 2.17. The lowest BCUT2D eigenvalue weighted by Crippen LogP contribution is -2.30. The van der Waals surface area contributed by atoms with Gasteiger partial charge >= 0.3 is 0 Å². The molecule has 0 radical (unpaired) electrons. The van der Waals surface area contributed by atoms with E-state index in [1.54, 1.807) is 11.0 Å². The number of rotatable bonds is 6. The van der Waals surface area contributed by atoms with Gasteiger partial charge < -0.3 is 4.74 Å². The molecule has 1 aromatic heterocycles. The van der Waals surface area contributed by atoms with E-state index in [9.17, 15) is 0 Å². The van der Waals surface area contributed by atoms with Crippen LogP contribution in [0.2, 0.25) is 0 Å². The number of nitrogens with one attached hydrogen (secondary N) is 1. The van der Waals surface area contributed by atoms with Crippen LogP contribution in [0.5, 0.6) is 5.75 Å². The van der Waals surface area contributed by atoms with E-state index >= 15 is 0 Å². The van der Waals surface area contributed by atoms with Crippen LogP contribution in [-0.4, -0.2) is 20.9 Å². The van der Waals surface area contributed by atoms with Crippen LogP contribution in [0, 0.1) is 0 Å². The van der Waals surface area contributed by atoms with Gasteiger partial charge in [0.05, 0.1) is 12.1 Å². The fraction of sp³-hybridized carbons (Fsp3) is 0.429. The van der Waals surface area contributed by atoms with Gasteiger partial charge in [-0.1, -0.05) is 12.1 Å². The largest absolute Gasteiger partial charge is 0.491 e. The molecule has 2 aromatic rings. The highest BCUT2D eigenvalue weighted by atomic mass is 16.5. The molecule has 2 rings (SSSR count). The molecular weight excluding hydrogens is 254 g/mol. The fourth-order valence-corrected chi connectivity index (χ4v) is 2.04. The van der Waals surface area contributed by atoms with E-state index in [0.29, 0.717) is 6.42 Å². The molecule has 0 amide bonds. The predicted molar refractivity (Wildman–Crippen MR) is 77.0 cm³/mol. The van der Waals surface area contributed by atoms with Crippen LogP contribution in [-0.2, 0) is 13.5 Å². The van der Waals surface area contributed by atoms with Crippen LogP contribution in [0.4, 0.5) is 0 Å². The highest BCUT2D eigenvalue weighted by Crippen LogP contribution is 2.22. The lowest BCUT2D eigenvalue weighted by atomic mass is 10.0. The highest BCUT2D eigenvalue weighted by Gasteiger charge is 2.14. The zero-order valence-electron chi connectivity index (χ0n) is 12.1. The van der Waals surface area contributed by atoms with Gasteiger partial charge in [-0.25, -0.2) is 4.98 Å². The molecule has 6 heteroatoms. The number of hydrogen-bond acceptors (Lipinski definition) is 5. The van der Waals surface area contributed by atoms with Gasteiger partial charge in [0.1, 0.15) is 17.9 Å². The SMILES string of the molecule is CC(C)Oc1cccc(C(Cc2ncnn2C)NN)c1. The van der Waals surface area contributed by atoms with Crippen LogP contribution >= 0.6 is 0 Å². The molecule has 6 nitrogen and oxygen atoms in total. The zero-order valence-corrected chi connectivity index (χ0v) is 12.1. The third-order valence-electron chi connectivity index (χ3n) is 3.03. The van der Waals surface area contributed by atoms with Crippen molar-refractivity contribution in [3.8, 4) is 5.75 Å². The second kappa shape index (κ2) is 6.49. The van der Waals surface area contributed by atoms with Gasteiger partial charge in [-0.15, -0.1) is 0 Å². The van der Waals surface area contributed by atoms with Crippen molar-refractivity contribution in [1.82, 2.24) is 20.2 Å². The molecule has 3 N–H and O–H groups in total. The van der Waals surface area contributed by atoms with E-state index in [2.05, 4.69) is 15.5 Å². The van der Waals surface area contributed by atoms with Gasteiger partial charge in [0.15, 0.2) is 0 Å². The topological polar surface area (TPSA) is 78.0 Å². The summed E-state index contributed by atoms with van der Waals surface area (Å²) in [6.45, 7) is 4.01. The van der Waals surface area contributed by atoms with Gasteiger partial charge in [0, 0.05) is 13.5 Å². The van der Waals surface area contributed by atoms with E-state index < -0.39 is 0 Å². The molecular formula is C14H21N5O. The Morgan fingerprint density at radius 2 is 2.20 bits per heavy atom. The monoisotopic (exact) mass is 275 g/mol. The van der Waals surface area contributed by atoms with Crippen molar-refractivity contribution in [3.05, 3.63) is 42.0 Å². The molecule has 108 valence electrons. The molecule has 0 bridgehead atoms. The van der Waals surface area contributed by atoms with Crippen molar-refractivity contribution in [3.63, 3.8) is 0 Å². The first-order valence-corrected chi connectivity index (χ1v) is 6.65. The molecule has 0 fully saturated rings. The van der Waals surface area contributed by atoms with E-state index in [0.717, 1.165) is 17.1 Å². The number of aromatic nitrogens is 3. The summed E-state index contributed by atoms with van der Waals surface area (Å²) in [4.78, 5) is 4.22. The van der Waals surface area contributed by atoms with Gasteiger partial charge in [-0.05, 0) is 31.5 Å². The van der Waals surface area contributed by atoms with Crippen LogP contribution in [0.25, 0.3) is 0 Å². The molecule has 0 saturated carbocycles. The first kappa shape index (κ1) is 14.5. The summed E-state index contributed by atoms with van der Waals surface area (Å²) in [5, 5.41) is 4.07. The summed E-state index contributed by atoms with van der Waals surface area (Å²) in [6.07, 6.45) is 2.35. The number of hydrazine groups is 1. The number of benzene rings is 1. The smallest absolute Gasteiger partial charge is 0.138 e. The number of hydrogen-bond donors (Lipinski definition) is 2. The molecule has 0 aliphatic carbocycles. The Bertz CT molecular complexity index is 552. The van der Waals surface area contributed by atoms with Crippen LogP contribution < -0.4 is 16.0 Å². The van der Waals surface area contributed by atoms with E-state index in [4.69, 9.17) is 10.6 Å². The molecule has 1 heterocycles. The second-order valence-electron chi connectivity index (χ2n) is 4.96. The Kier molecular flexibility index (Phi) is 4.70. The first-order chi connectivity index (χ1) is 9.60. The van der Waals surface area contributed by atoms with Crippen LogP contribution in [0.3, 0.4) is 0 Å². The summed E-state index contributed by atoms with van der Waals surface area (Å²) < 4.78 is 7.46. The van der Waals surface area contributed by atoms with Gasteiger partial charge in [-0.3, -0.25) is 16.0 Å². The quantitative estimate of drug-likeness (QED) is 0.614. The van der Waals surface area contributed by atoms with Crippen LogP contribution in [0.15, 0.2) is 30.6 Å². The third kappa shape index (κ3) is 3.55. The normalized spacial score (nSPS) is 12.7. The maximum atomic E-state index is 5.71. The molecule has 0 aliphatic rings. The zero-order chi connectivity index (χ0) is 14.5. The summed E-state index contributed by atoms with van der Waals surface area (Å²) >= 11 is 0. The molecule has 0 saturated heterocycles. The van der Waals surface area contributed by atoms with Gasteiger partial charge in [0.2, 0.25) is 0 Å². The van der Waals surface area contributed by atoms with E-state index in [1.807, 2.05) is 45.2 Å².